The molecule has 1 nitrogen and oxygen atoms in total. The van der Waals surface area contributed by atoms with E-state index in [9.17, 15) is 0 Å². The molecule has 1 radical (unpaired) electrons. The van der Waals surface area contributed by atoms with Gasteiger partial charge in [-0.25, -0.2) is 0 Å². The lowest BCUT2D eigenvalue weighted by Gasteiger charge is -2.03. The fourth-order valence-electron chi connectivity index (χ4n) is 1.42. The Hall–Kier alpha value is -1.76. The zero-order valence-corrected chi connectivity index (χ0v) is 8.12. The van der Waals surface area contributed by atoms with Crippen molar-refractivity contribution in [1.82, 2.24) is 0 Å². The average Bonchev–Trinajstić information content (AvgIpc) is 2.30. The first-order valence-corrected chi connectivity index (χ1v) is 4.65. The highest BCUT2D eigenvalue weighted by molar-refractivity contribution is 5.67. The van der Waals surface area contributed by atoms with Gasteiger partial charge in [0.2, 0.25) is 0 Å². The first-order chi connectivity index (χ1) is 6.90. The van der Waals surface area contributed by atoms with E-state index in [-0.39, 0.29) is 0 Å². The molecule has 69 valence electrons. The molecule has 2 aromatic carbocycles. The molecule has 14 heavy (non-hydrogen) atoms. The summed E-state index contributed by atoms with van der Waals surface area (Å²) in [5, 5.41) is 3.08. The van der Waals surface area contributed by atoms with E-state index < -0.39 is 0 Å². The van der Waals surface area contributed by atoms with Crippen molar-refractivity contribution >= 4 is 5.69 Å². The van der Waals surface area contributed by atoms with Crippen LogP contribution in [0.5, 0.6) is 0 Å². The lowest BCUT2D eigenvalue weighted by Crippen LogP contribution is -1.87. The lowest BCUT2D eigenvalue weighted by molar-refractivity contribution is 1.50. The number of hydrogen-bond acceptors (Lipinski definition) is 1. The van der Waals surface area contributed by atoms with E-state index in [1.54, 1.807) is 0 Å². The van der Waals surface area contributed by atoms with Gasteiger partial charge in [0, 0.05) is 18.8 Å². The molecule has 0 aromatic heterocycles. The number of nitrogens with one attached hydrogen (secondary N) is 1. The summed E-state index contributed by atoms with van der Waals surface area (Å²) in [7, 11) is 1.90. The SMILES string of the molecule is CNc1[c]ccc(-c2ccccc2)c1. The third-order valence-corrected chi connectivity index (χ3v) is 2.18. The number of anilines is 1. The maximum Gasteiger partial charge on any atom is 0.0424 e. The number of rotatable bonds is 2. The van der Waals surface area contributed by atoms with Gasteiger partial charge >= 0.3 is 0 Å². The minimum absolute atomic E-state index is 1.02. The fourth-order valence-corrected chi connectivity index (χ4v) is 1.42. The molecule has 1 heteroatoms. The van der Waals surface area contributed by atoms with Gasteiger partial charge in [0.1, 0.15) is 0 Å². The quantitative estimate of drug-likeness (QED) is 0.752. The van der Waals surface area contributed by atoms with Gasteiger partial charge in [0.25, 0.3) is 0 Å². The summed E-state index contributed by atoms with van der Waals surface area (Å²) in [6.07, 6.45) is 0. The molecular formula is C13H12N. The molecule has 2 rings (SSSR count). The van der Waals surface area contributed by atoms with E-state index in [1.165, 1.54) is 11.1 Å². The van der Waals surface area contributed by atoms with Crippen molar-refractivity contribution < 1.29 is 0 Å². The Morgan fingerprint density at radius 2 is 1.79 bits per heavy atom. The summed E-state index contributed by atoms with van der Waals surface area (Å²) in [6, 6.07) is 19.5. The molecule has 2 aromatic rings. The topological polar surface area (TPSA) is 12.0 Å². The zero-order chi connectivity index (χ0) is 9.80. The highest BCUT2D eigenvalue weighted by Crippen LogP contribution is 2.21. The van der Waals surface area contributed by atoms with Crippen LogP contribution >= 0.6 is 0 Å². The predicted molar refractivity (Wildman–Crippen MR) is 60.3 cm³/mol. The van der Waals surface area contributed by atoms with Gasteiger partial charge in [-0.3, -0.25) is 0 Å². The Bertz CT molecular complexity index is 407. The minimum Gasteiger partial charge on any atom is -0.388 e. The number of hydrogen-bond donors (Lipinski definition) is 1. The van der Waals surface area contributed by atoms with E-state index in [4.69, 9.17) is 0 Å². The first kappa shape index (κ1) is 8.82. The average molecular weight is 182 g/mol. The van der Waals surface area contributed by atoms with E-state index in [0.717, 1.165) is 5.69 Å². The minimum atomic E-state index is 1.02. The molecule has 0 aliphatic heterocycles. The molecule has 0 heterocycles. The van der Waals surface area contributed by atoms with Crippen molar-refractivity contribution in [2.24, 2.45) is 0 Å². The van der Waals surface area contributed by atoms with Gasteiger partial charge in [0.15, 0.2) is 0 Å². The predicted octanol–water partition coefficient (Wildman–Crippen LogP) is 3.20. The summed E-state index contributed by atoms with van der Waals surface area (Å²) >= 11 is 0. The Morgan fingerprint density at radius 3 is 2.50 bits per heavy atom. The van der Waals surface area contributed by atoms with Gasteiger partial charge in [-0.1, -0.05) is 42.5 Å². The normalized spacial score (nSPS) is 9.79. The Balaban J connectivity index is 2.42. The van der Waals surface area contributed by atoms with Crippen LogP contribution < -0.4 is 5.32 Å². The van der Waals surface area contributed by atoms with Gasteiger partial charge in [-0.15, -0.1) is 0 Å². The maximum absolute atomic E-state index is 3.12. The second-order valence-corrected chi connectivity index (χ2v) is 3.11. The molecule has 0 aliphatic carbocycles. The van der Waals surface area contributed by atoms with Crippen molar-refractivity contribution in [3.05, 3.63) is 54.6 Å². The molecule has 0 bridgehead atoms. The molecule has 0 aliphatic rings. The fraction of sp³-hybridized carbons (Fsp3) is 0.0769. The molecule has 0 saturated heterocycles. The molecular weight excluding hydrogens is 170 g/mol. The van der Waals surface area contributed by atoms with Crippen molar-refractivity contribution in [1.29, 1.82) is 0 Å². The van der Waals surface area contributed by atoms with Crippen LogP contribution in [-0.4, -0.2) is 7.05 Å². The highest BCUT2D eigenvalue weighted by Gasteiger charge is 1.96. The summed E-state index contributed by atoms with van der Waals surface area (Å²) in [5.41, 5.74) is 3.47. The molecule has 0 amide bonds. The molecule has 0 unspecified atom stereocenters. The largest absolute Gasteiger partial charge is 0.388 e. The Kier molecular flexibility index (Phi) is 2.50. The van der Waals surface area contributed by atoms with Gasteiger partial charge in [-0.05, 0) is 17.2 Å². The van der Waals surface area contributed by atoms with E-state index in [1.807, 2.05) is 31.3 Å². The third kappa shape index (κ3) is 1.77. The van der Waals surface area contributed by atoms with Crippen LogP contribution in [0.4, 0.5) is 5.69 Å². The van der Waals surface area contributed by atoms with Crippen molar-refractivity contribution in [2.75, 3.05) is 12.4 Å². The van der Waals surface area contributed by atoms with Crippen LogP contribution in [0.1, 0.15) is 0 Å². The van der Waals surface area contributed by atoms with Crippen LogP contribution in [0.2, 0.25) is 0 Å². The second-order valence-electron chi connectivity index (χ2n) is 3.11. The van der Waals surface area contributed by atoms with Crippen molar-refractivity contribution in [3.63, 3.8) is 0 Å². The van der Waals surface area contributed by atoms with Crippen LogP contribution in [0.15, 0.2) is 48.5 Å². The standard InChI is InChI=1S/C13H12N/c1-14-13-9-5-8-12(10-13)11-6-3-2-4-7-11/h2-8,10,14H,1H3. The van der Waals surface area contributed by atoms with Crippen LogP contribution in [-0.2, 0) is 0 Å². The number of benzene rings is 2. The summed E-state index contributed by atoms with van der Waals surface area (Å²) in [5.74, 6) is 0. The zero-order valence-electron chi connectivity index (χ0n) is 8.12. The highest BCUT2D eigenvalue weighted by atomic mass is 14.8. The summed E-state index contributed by atoms with van der Waals surface area (Å²) < 4.78 is 0. The van der Waals surface area contributed by atoms with Crippen LogP contribution in [0.25, 0.3) is 11.1 Å². The van der Waals surface area contributed by atoms with Crippen LogP contribution in [0, 0.1) is 6.07 Å². The van der Waals surface area contributed by atoms with Crippen LogP contribution in [0.3, 0.4) is 0 Å². The molecule has 0 fully saturated rings. The molecule has 0 spiro atoms. The summed E-state index contributed by atoms with van der Waals surface area (Å²) in [6.45, 7) is 0. The smallest absolute Gasteiger partial charge is 0.0424 e. The second kappa shape index (κ2) is 3.97. The van der Waals surface area contributed by atoms with Crippen molar-refractivity contribution in [2.45, 2.75) is 0 Å². The Labute approximate surface area is 84.4 Å². The van der Waals surface area contributed by atoms with Gasteiger partial charge < -0.3 is 5.32 Å². The monoisotopic (exact) mass is 182 g/mol. The molecule has 1 N–H and O–H groups in total. The summed E-state index contributed by atoms with van der Waals surface area (Å²) in [4.78, 5) is 0. The van der Waals surface area contributed by atoms with Gasteiger partial charge in [0.05, 0.1) is 0 Å². The van der Waals surface area contributed by atoms with E-state index >= 15 is 0 Å². The van der Waals surface area contributed by atoms with Crippen molar-refractivity contribution in [3.8, 4) is 11.1 Å². The lowest BCUT2D eigenvalue weighted by atomic mass is 10.1. The molecule has 0 saturated carbocycles. The van der Waals surface area contributed by atoms with Gasteiger partial charge in [-0.2, -0.15) is 0 Å². The first-order valence-electron chi connectivity index (χ1n) is 4.65. The van der Waals surface area contributed by atoms with E-state index in [2.05, 4.69) is 35.6 Å². The third-order valence-electron chi connectivity index (χ3n) is 2.18. The maximum atomic E-state index is 3.12. The van der Waals surface area contributed by atoms with E-state index in [0.29, 0.717) is 0 Å². The Morgan fingerprint density at radius 1 is 1.00 bits per heavy atom. The molecule has 0 atom stereocenters.